The molecule has 0 bridgehead atoms. The quantitative estimate of drug-likeness (QED) is 0.643. The number of carbonyl (C=O) groups is 1. The summed E-state index contributed by atoms with van der Waals surface area (Å²) < 4.78 is 0. The summed E-state index contributed by atoms with van der Waals surface area (Å²) in [4.78, 5) is 10.6. The van der Waals surface area contributed by atoms with Gasteiger partial charge in [0.15, 0.2) is 0 Å². The largest absolute Gasteiger partial charge is 0.478 e. The van der Waals surface area contributed by atoms with E-state index in [0.29, 0.717) is 12.0 Å². The van der Waals surface area contributed by atoms with Crippen LogP contribution < -0.4 is 0 Å². The van der Waals surface area contributed by atoms with Gasteiger partial charge in [0, 0.05) is 5.57 Å². The lowest BCUT2D eigenvalue weighted by atomic mass is 9.81. The standard InChI is InChI=1S/C11H20O2/c1-5-6-7-11(3,4)8-9(2)10(12)13/h2,5-8H2,1,3-4H3,(H,12,13). The highest BCUT2D eigenvalue weighted by molar-refractivity contribution is 5.85. The molecule has 0 aromatic carbocycles. The zero-order valence-electron chi connectivity index (χ0n) is 8.89. The molecule has 0 aliphatic heterocycles. The Hall–Kier alpha value is -0.790. The highest BCUT2D eigenvalue weighted by atomic mass is 16.4. The number of hydrogen-bond donors (Lipinski definition) is 1. The van der Waals surface area contributed by atoms with Gasteiger partial charge in [0.2, 0.25) is 0 Å². The van der Waals surface area contributed by atoms with Crippen molar-refractivity contribution in [3.8, 4) is 0 Å². The first kappa shape index (κ1) is 12.2. The predicted octanol–water partition coefficient (Wildman–Crippen LogP) is 3.23. The summed E-state index contributed by atoms with van der Waals surface area (Å²) in [5, 5.41) is 8.67. The van der Waals surface area contributed by atoms with Gasteiger partial charge < -0.3 is 5.11 Å². The van der Waals surface area contributed by atoms with E-state index >= 15 is 0 Å². The van der Waals surface area contributed by atoms with E-state index in [1.165, 1.54) is 0 Å². The van der Waals surface area contributed by atoms with Gasteiger partial charge in [-0.3, -0.25) is 0 Å². The summed E-state index contributed by atoms with van der Waals surface area (Å²) in [6.45, 7) is 9.88. The van der Waals surface area contributed by atoms with Crippen molar-refractivity contribution in [3.63, 3.8) is 0 Å². The summed E-state index contributed by atoms with van der Waals surface area (Å²) in [6, 6.07) is 0. The average Bonchev–Trinajstić information content (AvgIpc) is 2.00. The van der Waals surface area contributed by atoms with E-state index < -0.39 is 5.97 Å². The number of rotatable bonds is 6. The average molecular weight is 184 g/mol. The molecule has 0 spiro atoms. The second kappa shape index (κ2) is 5.05. The Morgan fingerprint density at radius 3 is 2.38 bits per heavy atom. The van der Waals surface area contributed by atoms with Crippen LogP contribution in [0.25, 0.3) is 0 Å². The first-order valence-corrected chi connectivity index (χ1v) is 4.80. The zero-order chi connectivity index (χ0) is 10.5. The molecule has 0 radical (unpaired) electrons. The minimum Gasteiger partial charge on any atom is -0.478 e. The smallest absolute Gasteiger partial charge is 0.330 e. The van der Waals surface area contributed by atoms with Crippen molar-refractivity contribution in [1.82, 2.24) is 0 Å². The zero-order valence-corrected chi connectivity index (χ0v) is 8.89. The fourth-order valence-electron chi connectivity index (χ4n) is 1.40. The van der Waals surface area contributed by atoms with E-state index in [1.54, 1.807) is 0 Å². The third-order valence-electron chi connectivity index (χ3n) is 2.20. The molecular formula is C11H20O2. The van der Waals surface area contributed by atoms with Gasteiger partial charge in [0.05, 0.1) is 0 Å². The Kier molecular flexibility index (Phi) is 4.74. The summed E-state index contributed by atoms with van der Waals surface area (Å²) in [6.07, 6.45) is 3.96. The predicted molar refractivity (Wildman–Crippen MR) is 54.7 cm³/mol. The molecule has 0 saturated carbocycles. The first-order valence-electron chi connectivity index (χ1n) is 4.80. The van der Waals surface area contributed by atoms with E-state index in [-0.39, 0.29) is 5.41 Å². The Balaban J connectivity index is 4.00. The second-order valence-corrected chi connectivity index (χ2v) is 4.35. The van der Waals surface area contributed by atoms with Crippen LogP contribution >= 0.6 is 0 Å². The third-order valence-corrected chi connectivity index (χ3v) is 2.20. The van der Waals surface area contributed by atoms with Crippen LogP contribution in [0.15, 0.2) is 12.2 Å². The molecular weight excluding hydrogens is 164 g/mol. The molecule has 13 heavy (non-hydrogen) atoms. The maximum Gasteiger partial charge on any atom is 0.330 e. The number of hydrogen-bond acceptors (Lipinski definition) is 1. The molecule has 0 aromatic heterocycles. The molecule has 0 saturated heterocycles. The van der Waals surface area contributed by atoms with Crippen LogP contribution in [0, 0.1) is 5.41 Å². The van der Waals surface area contributed by atoms with Gasteiger partial charge in [-0.1, -0.05) is 40.2 Å². The Bertz CT molecular complexity index is 192. The molecule has 0 rings (SSSR count). The Labute approximate surface area is 80.7 Å². The third kappa shape index (κ3) is 5.45. The lowest BCUT2D eigenvalue weighted by molar-refractivity contribution is -0.133. The molecule has 0 amide bonds. The Morgan fingerprint density at radius 2 is 2.00 bits per heavy atom. The van der Waals surface area contributed by atoms with Crippen LogP contribution in [0.4, 0.5) is 0 Å². The van der Waals surface area contributed by atoms with Crippen molar-refractivity contribution in [1.29, 1.82) is 0 Å². The van der Waals surface area contributed by atoms with Crippen molar-refractivity contribution in [2.24, 2.45) is 5.41 Å². The van der Waals surface area contributed by atoms with Gasteiger partial charge in [0.1, 0.15) is 0 Å². The molecule has 0 unspecified atom stereocenters. The van der Waals surface area contributed by atoms with Gasteiger partial charge >= 0.3 is 5.97 Å². The van der Waals surface area contributed by atoms with Gasteiger partial charge in [-0.15, -0.1) is 0 Å². The van der Waals surface area contributed by atoms with E-state index in [4.69, 9.17) is 5.11 Å². The molecule has 0 aromatic rings. The van der Waals surface area contributed by atoms with Gasteiger partial charge in [-0.25, -0.2) is 4.79 Å². The van der Waals surface area contributed by atoms with Crippen LogP contribution in [0.2, 0.25) is 0 Å². The summed E-state index contributed by atoms with van der Waals surface area (Å²) in [5.74, 6) is -0.871. The van der Waals surface area contributed by atoms with Crippen LogP contribution in [0.3, 0.4) is 0 Å². The van der Waals surface area contributed by atoms with Crippen molar-refractivity contribution in [2.45, 2.75) is 46.5 Å². The number of carboxylic acids is 1. The van der Waals surface area contributed by atoms with E-state index in [1.807, 2.05) is 0 Å². The van der Waals surface area contributed by atoms with Crippen molar-refractivity contribution < 1.29 is 9.90 Å². The topological polar surface area (TPSA) is 37.3 Å². The molecule has 2 nitrogen and oxygen atoms in total. The van der Waals surface area contributed by atoms with Crippen molar-refractivity contribution in [2.75, 3.05) is 0 Å². The molecule has 1 N–H and O–H groups in total. The van der Waals surface area contributed by atoms with Crippen molar-refractivity contribution in [3.05, 3.63) is 12.2 Å². The highest BCUT2D eigenvalue weighted by Gasteiger charge is 2.20. The Morgan fingerprint density at radius 1 is 1.46 bits per heavy atom. The number of carboxylic acid groups (broad SMARTS) is 1. The lowest BCUT2D eigenvalue weighted by Crippen LogP contribution is -2.15. The summed E-state index contributed by atoms with van der Waals surface area (Å²) >= 11 is 0. The number of aliphatic carboxylic acids is 1. The highest BCUT2D eigenvalue weighted by Crippen LogP contribution is 2.30. The summed E-state index contributed by atoms with van der Waals surface area (Å²) in [5.41, 5.74) is 0.395. The number of unbranched alkanes of at least 4 members (excludes halogenated alkanes) is 1. The minimum atomic E-state index is -0.871. The molecule has 0 fully saturated rings. The fourth-order valence-corrected chi connectivity index (χ4v) is 1.40. The summed E-state index contributed by atoms with van der Waals surface area (Å²) in [7, 11) is 0. The molecule has 0 aliphatic rings. The normalized spacial score (nSPS) is 11.3. The van der Waals surface area contributed by atoms with Gasteiger partial charge in [-0.2, -0.15) is 0 Å². The SMILES string of the molecule is C=C(CC(C)(C)CCCC)C(=O)O. The van der Waals surface area contributed by atoms with E-state index in [2.05, 4.69) is 27.4 Å². The molecule has 0 aliphatic carbocycles. The van der Waals surface area contributed by atoms with E-state index in [0.717, 1.165) is 19.3 Å². The second-order valence-electron chi connectivity index (χ2n) is 4.35. The maximum atomic E-state index is 10.6. The van der Waals surface area contributed by atoms with Gasteiger partial charge in [-0.05, 0) is 18.3 Å². The van der Waals surface area contributed by atoms with E-state index in [9.17, 15) is 4.79 Å². The van der Waals surface area contributed by atoms with Crippen LogP contribution in [0.5, 0.6) is 0 Å². The molecule has 76 valence electrons. The monoisotopic (exact) mass is 184 g/mol. The van der Waals surface area contributed by atoms with Gasteiger partial charge in [0.25, 0.3) is 0 Å². The lowest BCUT2D eigenvalue weighted by Gasteiger charge is -2.24. The minimum absolute atomic E-state index is 0.0749. The molecule has 0 atom stereocenters. The molecule has 0 heterocycles. The van der Waals surface area contributed by atoms with Crippen LogP contribution in [-0.2, 0) is 4.79 Å². The first-order chi connectivity index (χ1) is 5.89. The van der Waals surface area contributed by atoms with Crippen LogP contribution in [-0.4, -0.2) is 11.1 Å². The van der Waals surface area contributed by atoms with Crippen molar-refractivity contribution >= 4 is 5.97 Å². The fraction of sp³-hybridized carbons (Fsp3) is 0.727. The molecule has 2 heteroatoms. The van der Waals surface area contributed by atoms with Crippen LogP contribution in [0.1, 0.15) is 46.5 Å². The maximum absolute atomic E-state index is 10.6.